The number of nitrogens with one attached hydrogen (secondary N) is 1. The van der Waals surface area contributed by atoms with Gasteiger partial charge < -0.3 is 10.1 Å². The van der Waals surface area contributed by atoms with Crippen LogP contribution in [0.15, 0.2) is 77.7 Å². The zero-order chi connectivity index (χ0) is 24.0. The number of non-ortho nitro benzene ring substituents is 1. The second-order valence-corrected chi connectivity index (χ2v) is 8.92. The first kappa shape index (κ1) is 23.7. The number of ether oxygens (including phenoxy) is 1. The minimum absolute atomic E-state index is 0.00543. The highest BCUT2D eigenvalue weighted by Gasteiger charge is 2.27. The number of sulfonamides is 1. The maximum atomic E-state index is 13.4. The van der Waals surface area contributed by atoms with Crippen molar-refractivity contribution in [2.75, 3.05) is 22.8 Å². The van der Waals surface area contributed by atoms with E-state index in [4.69, 9.17) is 4.74 Å². The normalized spacial score (nSPS) is 11.0. The van der Waals surface area contributed by atoms with Gasteiger partial charge in [-0.15, -0.1) is 0 Å². The highest BCUT2D eigenvalue weighted by Crippen LogP contribution is 2.26. The van der Waals surface area contributed by atoms with Crippen LogP contribution in [0.1, 0.15) is 12.5 Å². The molecule has 0 saturated heterocycles. The molecule has 172 valence electrons. The summed E-state index contributed by atoms with van der Waals surface area (Å²) in [4.78, 5) is 23.3. The van der Waals surface area contributed by atoms with Gasteiger partial charge in [0.2, 0.25) is 5.91 Å². The SMILES string of the molecule is CCOc1ccc(S(=O)(=O)N(CC(=O)Nc2cc([N+](=O)[O-])ccc2C)c2ccccc2)cc1. The third kappa shape index (κ3) is 5.66. The predicted octanol–water partition coefficient (Wildman–Crippen LogP) is 4.14. The Labute approximate surface area is 191 Å². The van der Waals surface area contributed by atoms with Gasteiger partial charge in [-0.05, 0) is 55.8 Å². The van der Waals surface area contributed by atoms with Crippen LogP contribution < -0.4 is 14.4 Å². The van der Waals surface area contributed by atoms with E-state index in [1.807, 2.05) is 6.92 Å². The lowest BCUT2D eigenvalue weighted by molar-refractivity contribution is -0.384. The lowest BCUT2D eigenvalue weighted by Crippen LogP contribution is -2.38. The van der Waals surface area contributed by atoms with Gasteiger partial charge in [-0.1, -0.05) is 24.3 Å². The Kier molecular flexibility index (Phi) is 7.29. The first-order valence-corrected chi connectivity index (χ1v) is 11.5. The Morgan fingerprint density at radius 1 is 1.06 bits per heavy atom. The first-order chi connectivity index (χ1) is 15.7. The molecule has 0 saturated carbocycles. The Hall–Kier alpha value is -3.92. The molecular formula is C23H23N3O6S. The van der Waals surface area contributed by atoms with Crippen LogP contribution in [0, 0.1) is 17.0 Å². The summed E-state index contributed by atoms with van der Waals surface area (Å²) in [6.45, 7) is 3.43. The Bertz CT molecular complexity index is 1240. The Balaban J connectivity index is 1.91. The number of nitrogens with zero attached hydrogens (tertiary/aromatic N) is 2. The molecule has 0 aromatic heterocycles. The maximum Gasteiger partial charge on any atom is 0.271 e. The molecule has 3 aromatic rings. The van der Waals surface area contributed by atoms with Crippen molar-refractivity contribution in [3.05, 3.63) is 88.5 Å². The van der Waals surface area contributed by atoms with Crippen LogP contribution in [0.4, 0.5) is 17.1 Å². The molecule has 9 nitrogen and oxygen atoms in total. The van der Waals surface area contributed by atoms with E-state index in [0.717, 1.165) is 4.31 Å². The topological polar surface area (TPSA) is 119 Å². The van der Waals surface area contributed by atoms with Crippen LogP contribution >= 0.6 is 0 Å². The van der Waals surface area contributed by atoms with Crippen LogP contribution in [-0.4, -0.2) is 32.4 Å². The summed E-state index contributed by atoms with van der Waals surface area (Å²) in [5, 5.41) is 13.6. The van der Waals surface area contributed by atoms with Crippen LogP contribution in [0.2, 0.25) is 0 Å². The summed E-state index contributed by atoms with van der Waals surface area (Å²) < 4.78 is 33.2. The fraction of sp³-hybridized carbons (Fsp3) is 0.174. The monoisotopic (exact) mass is 469 g/mol. The summed E-state index contributed by atoms with van der Waals surface area (Å²) in [5.74, 6) is -0.112. The number of nitro groups is 1. The smallest absolute Gasteiger partial charge is 0.271 e. The van der Waals surface area contributed by atoms with Crippen molar-refractivity contribution in [3.63, 3.8) is 0 Å². The van der Waals surface area contributed by atoms with E-state index in [2.05, 4.69) is 5.32 Å². The number of nitro benzene ring substituents is 1. The number of benzene rings is 3. The third-order valence-corrected chi connectivity index (χ3v) is 6.55. The molecule has 0 heterocycles. The molecule has 0 aliphatic carbocycles. The number of aryl methyl sites for hydroxylation is 1. The van der Waals surface area contributed by atoms with Gasteiger partial charge in [0.05, 0.1) is 27.8 Å². The van der Waals surface area contributed by atoms with E-state index in [1.54, 1.807) is 49.4 Å². The van der Waals surface area contributed by atoms with Gasteiger partial charge in [-0.25, -0.2) is 8.42 Å². The minimum atomic E-state index is -4.10. The van der Waals surface area contributed by atoms with E-state index in [-0.39, 0.29) is 16.3 Å². The van der Waals surface area contributed by atoms with E-state index < -0.39 is 27.4 Å². The highest BCUT2D eigenvalue weighted by atomic mass is 32.2. The highest BCUT2D eigenvalue weighted by molar-refractivity contribution is 7.92. The number of amides is 1. The van der Waals surface area contributed by atoms with Gasteiger partial charge in [0, 0.05) is 12.1 Å². The molecule has 0 fully saturated rings. The van der Waals surface area contributed by atoms with Crippen LogP contribution in [0.3, 0.4) is 0 Å². The van der Waals surface area contributed by atoms with Crippen molar-refractivity contribution < 1.29 is 22.9 Å². The molecule has 3 aromatic carbocycles. The summed E-state index contributed by atoms with van der Waals surface area (Å²) in [6, 6.07) is 18.2. The number of hydrogen-bond donors (Lipinski definition) is 1. The molecule has 0 bridgehead atoms. The molecule has 10 heteroatoms. The molecule has 0 spiro atoms. The molecule has 0 aliphatic heterocycles. The molecule has 0 atom stereocenters. The summed E-state index contributed by atoms with van der Waals surface area (Å²) in [7, 11) is -4.10. The van der Waals surface area contributed by atoms with E-state index >= 15 is 0 Å². The Morgan fingerprint density at radius 2 is 1.73 bits per heavy atom. The second-order valence-electron chi connectivity index (χ2n) is 7.06. The standard InChI is InChI=1S/C23H23N3O6S/c1-3-32-20-11-13-21(14-12-20)33(30,31)25(18-7-5-4-6-8-18)16-23(27)24-22-15-19(26(28)29)10-9-17(22)2/h4-15H,3,16H2,1-2H3,(H,24,27). The molecule has 0 radical (unpaired) electrons. The minimum Gasteiger partial charge on any atom is -0.494 e. The average Bonchev–Trinajstić information content (AvgIpc) is 2.80. The van der Waals surface area contributed by atoms with Gasteiger partial charge in [0.1, 0.15) is 12.3 Å². The van der Waals surface area contributed by atoms with Crippen molar-refractivity contribution in [2.45, 2.75) is 18.7 Å². The second kappa shape index (κ2) is 10.1. The molecule has 33 heavy (non-hydrogen) atoms. The molecule has 1 amide bonds. The van der Waals surface area contributed by atoms with Crippen LogP contribution in [0.25, 0.3) is 0 Å². The van der Waals surface area contributed by atoms with Crippen molar-refractivity contribution >= 4 is 33.0 Å². The summed E-state index contributed by atoms with van der Waals surface area (Å²) in [6.07, 6.45) is 0. The van der Waals surface area contributed by atoms with Gasteiger partial charge in [0.15, 0.2) is 0 Å². The molecular weight excluding hydrogens is 446 g/mol. The maximum absolute atomic E-state index is 13.4. The predicted molar refractivity (Wildman–Crippen MR) is 125 cm³/mol. The molecule has 0 unspecified atom stereocenters. The number of carbonyl (C=O) groups is 1. The fourth-order valence-corrected chi connectivity index (χ4v) is 4.51. The largest absolute Gasteiger partial charge is 0.494 e. The molecule has 3 rings (SSSR count). The van der Waals surface area contributed by atoms with Gasteiger partial charge >= 0.3 is 0 Å². The number of anilines is 2. The summed E-state index contributed by atoms with van der Waals surface area (Å²) in [5.41, 5.74) is 0.963. The lowest BCUT2D eigenvalue weighted by Gasteiger charge is -2.24. The number of rotatable bonds is 9. The van der Waals surface area contributed by atoms with E-state index in [9.17, 15) is 23.3 Å². The Morgan fingerprint density at radius 3 is 2.33 bits per heavy atom. The van der Waals surface area contributed by atoms with Gasteiger partial charge in [0.25, 0.3) is 15.7 Å². The van der Waals surface area contributed by atoms with E-state index in [0.29, 0.717) is 23.6 Å². The average molecular weight is 470 g/mol. The number of carbonyl (C=O) groups excluding carboxylic acids is 1. The first-order valence-electron chi connectivity index (χ1n) is 10.1. The third-order valence-electron chi connectivity index (χ3n) is 4.76. The van der Waals surface area contributed by atoms with Crippen LogP contribution in [-0.2, 0) is 14.8 Å². The van der Waals surface area contributed by atoms with Gasteiger partial charge in [-0.3, -0.25) is 19.2 Å². The van der Waals surface area contributed by atoms with Crippen molar-refractivity contribution in [1.82, 2.24) is 0 Å². The number of hydrogen-bond acceptors (Lipinski definition) is 6. The van der Waals surface area contributed by atoms with E-state index in [1.165, 1.54) is 30.3 Å². The summed E-state index contributed by atoms with van der Waals surface area (Å²) >= 11 is 0. The van der Waals surface area contributed by atoms with Gasteiger partial charge in [-0.2, -0.15) is 0 Å². The number of para-hydroxylation sites is 1. The zero-order valence-electron chi connectivity index (χ0n) is 18.1. The quantitative estimate of drug-likeness (QED) is 0.372. The van der Waals surface area contributed by atoms with Crippen molar-refractivity contribution in [1.29, 1.82) is 0 Å². The molecule has 1 N–H and O–H groups in total. The van der Waals surface area contributed by atoms with Crippen LogP contribution in [0.5, 0.6) is 5.75 Å². The fourth-order valence-electron chi connectivity index (χ4n) is 3.09. The zero-order valence-corrected chi connectivity index (χ0v) is 18.9. The lowest BCUT2D eigenvalue weighted by atomic mass is 10.2. The molecule has 0 aliphatic rings. The van der Waals surface area contributed by atoms with Crippen molar-refractivity contribution in [3.8, 4) is 5.75 Å². The van der Waals surface area contributed by atoms with Crippen molar-refractivity contribution in [2.24, 2.45) is 0 Å².